The molecule has 1 aromatic carbocycles. The third-order valence-corrected chi connectivity index (χ3v) is 1.90. The number of benzene rings is 1. The zero-order chi connectivity index (χ0) is 10.6. The SMILES string of the molecule is COC(Cc1ccc(O)cc1)C(=O)[O-].[Rb+]. The molecule has 1 N–H and O–H groups in total. The van der Waals surface area contributed by atoms with Crippen molar-refractivity contribution in [3.8, 4) is 5.75 Å². The third-order valence-electron chi connectivity index (χ3n) is 1.90. The van der Waals surface area contributed by atoms with E-state index in [1.165, 1.54) is 19.2 Å². The summed E-state index contributed by atoms with van der Waals surface area (Å²) in [6.45, 7) is 0. The second kappa shape index (κ2) is 7.52. The number of hydrogen-bond donors (Lipinski definition) is 1. The predicted molar refractivity (Wildman–Crippen MR) is 47.6 cm³/mol. The first-order valence-corrected chi connectivity index (χ1v) is 4.15. The van der Waals surface area contributed by atoms with Gasteiger partial charge in [-0.25, -0.2) is 0 Å². The summed E-state index contributed by atoms with van der Waals surface area (Å²) < 4.78 is 4.72. The van der Waals surface area contributed by atoms with E-state index in [0.717, 1.165) is 5.56 Å². The summed E-state index contributed by atoms with van der Waals surface area (Å²) in [5.74, 6) is -1.09. The Morgan fingerprint density at radius 3 is 2.40 bits per heavy atom. The van der Waals surface area contributed by atoms with Gasteiger partial charge in [0.05, 0.1) is 5.97 Å². The molecule has 0 saturated heterocycles. The number of carboxylic acids is 1. The number of rotatable bonds is 4. The molecule has 15 heavy (non-hydrogen) atoms. The molecule has 1 rings (SSSR count). The zero-order valence-electron chi connectivity index (χ0n) is 8.77. The Bertz CT molecular complexity index is 310. The summed E-state index contributed by atoms with van der Waals surface area (Å²) in [6, 6.07) is 6.28. The molecule has 4 nitrogen and oxygen atoms in total. The minimum absolute atomic E-state index is 0. The molecule has 1 unspecified atom stereocenters. The van der Waals surface area contributed by atoms with Crippen LogP contribution < -0.4 is 63.3 Å². The number of carbonyl (C=O) groups is 1. The van der Waals surface area contributed by atoms with Crippen molar-refractivity contribution in [3.05, 3.63) is 29.8 Å². The van der Waals surface area contributed by atoms with Crippen LogP contribution in [-0.2, 0) is 16.0 Å². The van der Waals surface area contributed by atoms with Crippen molar-refractivity contribution in [2.24, 2.45) is 0 Å². The van der Waals surface area contributed by atoms with Gasteiger partial charge in [0.2, 0.25) is 0 Å². The van der Waals surface area contributed by atoms with E-state index >= 15 is 0 Å². The Balaban J connectivity index is 0.00000196. The number of carbonyl (C=O) groups excluding carboxylic acids is 1. The number of hydrogen-bond acceptors (Lipinski definition) is 4. The Kier molecular flexibility index (Phi) is 7.64. The molecule has 0 aromatic heterocycles. The molecule has 0 aliphatic carbocycles. The fourth-order valence-electron chi connectivity index (χ4n) is 1.11. The van der Waals surface area contributed by atoms with Gasteiger partial charge in [-0.3, -0.25) is 0 Å². The number of phenols is 1. The van der Waals surface area contributed by atoms with Crippen LogP contribution >= 0.6 is 0 Å². The molecule has 0 aliphatic rings. The summed E-state index contributed by atoms with van der Waals surface area (Å²) in [7, 11) is 1.32. The van der Waals surface area contributed by atoms with E-state index in [1.54, 1.807) is 12.1 Å². The summed E-state index contributed by atoms with van der Waals surface area (Å²) in [5.41, 5.74) is 0.777. The number of ether oxygens (including phenoxy) is 1. The van der Waals surface area contributed by atoms with E-state index in [4.69, 9.17) is 9.84 Å². The normalized spacial score (nSPS) is 11.5. The van der Waals surface area contributed by atoms with Crippen molar-refractivity contribution in [2.75, 3.05) is 7.11 Å². The Morgan fingerprint density at radius 1 is 1.47 bits per heavy atom. The molecule has 1 atom stereocenters. The molecule has 0 bridgehead atoms. The fraction of sp³-hybridized carbons (Fsp3) is 0.300. The summed E-state index contributed by atoms with van der Waals surface area (Å²) in [4.78, 5) is 10.5. The van der Waals surface area contributed by atoms with Crippen LogP contribution in [-0.4, -0.2) is 24.3 Å². The number of carboxylic acid groups (broad SMARTS) is 1. The topological polar surface area (TPSA) is 69.6 Å². The van der Waals surface area contributed by atoms with Crippen LogP contribution in [0, 0.1) is 0 Å². The second-order valence-electron chi connectivity index (χ2n) is 2.91. The van der Waals surface area contributed by atoms with Crippen molar-refractivity contribution in [1.29, 1.82) is 0 Å². The Hall–Kier alpha value is 0.255. The number of aliphatic carboxylic acids is 1. The molecule has 0 heterocycles. The molecule has 0 aliphatic heterocycles. The van der Waals surface area contributed by atoms with E-state index in [0.29, 0.717) is 0 Å². The third kappa shape index (κ3) is 5.22. The number of methoxy groups -OCH3 is 1. The molecule has 5 heteroatoms. The van der Waals surface area contributed by atoms with Crippen molar-refractivity contribution < 1.29 is 77.9 Å². The molecule has 1 aromatic rings. The van der Waals surface area contributed by atoms with Gasteiger partial charge in [-0.05, 0) is 17.7 Å². The molecule has 0 spiro atoms. The van der Waals surface area contributed by atoms with Crippen molar-refractivity contribution in [2.45, 2.75) is 12.5 Å². The minimum Gasteiger partial charge on any atom is -0.547 e. The van der Waals surface area contributed by atoms with Crippen LogP contribution in [0.5, 0.6) is 5.75 Å². The summed E-state index contributed by atoms with van der Waals surface area (Å²) in [5, 5.41) is 19.5. The van der Waals surface area contributed by atoms with Gasteiger partial charge in [0.25, 0.3) is 0 Å². The largest absolute Gasteiger partial charge is 1.00 e. The second-order valence-corrected chi connectivity index (χ2v) is 2.91. The maximum atomic E-state index is 10.5. The zero-order valence-corrected chi connectivity index (χ0v) is 13.7. The van der Waals surface area contributed by atoms with Crippen LogP contribution in [0.3, 0.4) is 0 Å². The maximum absolute atomic E-state index is 10.5. The predicted octanol–water partition coefficient (Wildman–Crippen LogP) is -3.30. The van der Waals surface area contributed by atoms with E-state index in [-0.39, 0.29) is 70.4 Å². The Morgan fingerprint density at radius 2 is 2.00 bits per heavy atom. The Labute approximate surface area is 137 Å². The van der Waals surface area contributed by atoms with Crippen molar-refractivity contribution in [1.82, 2.24) is 0 Å². The first kappa shape index (κ1) is 15.3. The molecule has 0 radical (unpaired) electrons. The fourth-order valence-corrected chi connectivity index (χ4v) is 1.11. The molecular formula is C10H11O4Rb. The standard InChI is InChI=1S/C10H12O4.Rb/c1-14-9(10(12)13)6-7-2-4-8(11)5-3-7;/h2-5,9,11H,6H2,1H3,(H,12,13);/q;+1/p-1. The van der Waals surface area contributed by atoms with Gasteiger partial charge >= 0.3 is 58.2 Å². The van der Waals surface area contributed by atoms with E-state index in [2.05, 4.69) is 0 Å². The van der Waals surface area contributed by atoms with Crippen LogP contribution in [0.1, 0.15) is 5.56 Å². The molecule has 0 amide bonds. The van der Waals surface area contributed by atoms with Gasteiger partial charge in [-0.1, -0.05) is 12.1 Å². The molecule has 0 saturated carbocycles. The van der Waals surface area contributed by atoms with E-state index in [9.17, 15) is 9.90 Å². The molecule has 76 valence electrons. The average Bonchev–Trinajstić information content (AvgIpc) is 2.16. The van der Waals surface area contributed by atoms with Crippen LogP contribution in [0.2, 0.25) is 0 Å². The summed E-state index contributed by atoms with van der Waals surface area (Å²) in [6.07, 6.45) is -0.710. The quantitative estimate of drug-likeness (QED) is 0.627. The van der Waals surface area contributed by atoms with E-state index in [1.807, 2.05) is 0 Å². The van der Waals surface area contributed by atoms with Gasteiger partial charge in [0.15, 0.2) is 0 Å². The molecule has 0 fully saturated rings. The van der Waals surface area contributed by atoms with Crippen molar-refractivity contribution >= 4 is 5.97 Å². The van der Waals surface area contributed by atoms with Gasteiger partial charge in [-0.2, -0.15) is 0 Å². The smallest absolute Gasteiger partial charge is 0.547 e. The monoisotopic (exact) mass is 280 g/mol. The van der Waals surface area contributed by atoms with Gasteiger partial charge < -0.3 is 19.7 Å². The first-order chi connectivity index (χ1) is 6.63. The average molecular weight is 281 g/mol. The number of aromatic hydroxyl groups is 1. The van der Waals surface area contributed by atoms with Crippen LogP contribution in [0.25, 0.3) is 0 Å². The minimum atomic E-state index is -1.24. The van der Waals surface area contributed by atoms with Gasteiger partial charge in [-0.15, -0.1) is 0 Å². The van der Waals surface area contributed by atoms with Gasteiger partial charge in [0.1, 0.15) is 11.9 Å². The summed E-state index contributed by atoms with van der Waals surface area (Å²) >= 11 is 0. The number of phenolic OH excluding ortho intramolecular Hbond substituents is 1. The van der Waals surface area contributed by atoms with Crippen LogP contribution in [0.4, 0.5) is 0 Å². The van der Waals surface area contributed by atoms with Crippen LogP contribution in [0.15, 0.2) is 24.3 Å². The van der Waals surface area contributed by atoms with E-state index < -0.39 is 12.1 Å². The first-order valence-electron chi connectivity index (χ1n) is 4.15. The molecular weight excluding hydrogens is 270 g/mol. The van der Waals surface area contributed by atoms with Crippen molar-refractivity contribution in [3.63, 3.8) is 0 Å². The maximum Gasteiger partial charge on any atom is 1.00 e. The van der Waals surface area contributed by atoms with Gasteiger partial charge in [0, 0.05) is 13.5 Å².